The van der Waals surface area contributed by atoms with Crippen LogP contribution in [0.15, 0.2) is 0 Å². The normalized spacial score (nSPS) is 13.2. The minimum absolute atomic E-state index is 0.252. The quantitative estimate of drug-likeness (QED) is 0.788. The molecule has 1 aromatic rings. The zero-order valence-corrected chi connectivity index (χ0v) is 8.85. The fourth-order valence-corrected chi connectivity index (χ4v) is 1.21. The minimum Gasteiger partial charge on any atom is -0.481 e. The van der Waals surface area contributed by atoms with E-state index in [-0.39, 0.29) is 5.92 Å². The lowest BCUT2D eigenvalue weighted by Crippen LogP contribution is -2.09. The molecule has 1 atom stereocenters. The van der Waals surface area contributed by atoms with E-state index in [0.717, 1.165) is 5.82 Å². The third-order valence-corrected chi connectivity index (χ3v) is 2.09. The monoisotopic (exact) mass is 197 g/mol. The fourth-order valence-electron chi connectivity index (χ4n) is 1.21. The van der Waals surface area contributed by atoms with Crippen LogP contribution < -0.4 is 0 Å². The van der Waals surface area contributed by atoms with Crippen molar-refractivity contribution in [1.29, 1.82) is 0 Å². The van der Waals surface area contributed by atoms with Gasteiger partial charge < -0.3 is 5.11 Å². The molecular formula is C9H15N3O2. The standard InChI is InChI=1S/C9H15N3O2/c1-5(2)8-10-7(11-12(8)4)6(3)9(13)14/h5-6H,1-4H3,(H,13,14). The Morgan fingerprint density at radius 1 is 1.43 bits per heavy atom. The molecule has 1 rings (SSSR count). The highest BCUT2D eigenvalue weighted by molar-refractivity contribution is 5.74. The molecule has 0 fully saturated rings. The van der Waals surface area contributed by atoms with E-state index in [1.807, 2.05) is 13.8 Å². The zero-order valence-electron chi connectivity index (χ0n) is 8.85. The molecule has 1 heterocycles. The first-order valence-electron chi connectivity index (χ1n) is 4.57. The van der Waals surface area contributed by atoms with Gasteiger partial charge in [0.25, 0.3) is 0 Å². The van der Waals surface area contributed by atoms with Gasteiger partial charge >= 0.3 is 5.97 Å². The number of carboxylic acids is 1. The Morgan fingerprint density at radius 3 is 2.36 bits per heavy atom. The molecule has 0 bridgehead atoms. The van der Waals surface area contributed by atoms with Gasteiger partial charge in [0, 0.05) is 13.0 Å². The molecule has 0 aliphatic carbocycles. The number of hydrogen-bond donors (Lipinski definition) is 1. The predicted molar refractivity (Wildman–Crippen MR) is 51.1 cm³/mol. The number of nitrogens with zero attached hydrogens (tertiary/aromatic N) is 3. The van der Waals surface area contributed by atoms with Crippen molar-refractivity contribution in [2.24, 2.45) is 7.05 Å². The molecule has 14 heavy (non-hydrogen) atoms. The average molecular weight is 197 g/mol. The molecule has 0 aliphatic rings. The van der Waals surface area contributed by atoms with E-state index in [1.54, 1.807) is 18.7 Å². The van der Waals surface area contributed by atoms with Crippen molar-refractivity contribution in [1.82, 2.24) is 14.8 Å². The van der Waals surface area contributed by atoms with E-state index >= 15 is 0 Å². The molecule has 0 amide bonds. The second-order valence-corrected chi connectivity index (χ2v) is 3.67. The Kier molecular flexibility index (Phi) is 2.88. The topological polar surface area (TPSA) is 68.0 Å². The number of aromatic nitrogens is 3. The summed E-state index contributed by atoms with van der Waals surface area (Å²) < 4.78 is 1.64. The van der Waals surface area contributed by atoms with Crippen molar-refractivity contribution in [2.75, 3.05) is 0 Å². The summed E-state index contributed by atoms with van der Waals surface area (Å²) in [6, 6.07) is 0. The maximum absolute atomic E-state index is 10.7. The molecule has 0 saturated carbocycles. The highest BCUT2D eigenvalue weighted by Crippen LogP contribution is 2.15. The van der Waals surface area contributed by atoms with Gasteiger partial charge in [-0.25, -0.2) is 4.98 Å². The van der Waals surface area contributed by atoms with Gasteiger partial charge in [-0.3, -0.25) is 9.48 Å². The average Bonchev–Trinajstić information content (AvgIpc) is 2.45. The van der Waals surface area contributed by atoms with Gasteiger partial charge in [-0.05, 0) is 6.92 Å². The molecule has 1 N–H and O–H groups in total. The first-order chi connectivity index (χ1) is 6.43. The molecule has 0 spiro atoms. The smallest absolute Gasteiger partial charge is 0.314 e. The fraction of sp³-hybridized carbons (Fsp3) is 0.667. The maximum Gasteiger partial charge on any atom is 0.314 e. The second kappa shape index (κ2) is 3.77. The molecule has 5 nitrogen and oxygen atoms in total. The summed E-state index contributed by atoms with van der Waals surface area (Å²) in [5.41, 5.74) is 0. The Balaban J connectivity index is 3.02. The summed E-state index contributed by atoms with van der Waals surface area (Å²) in [6.07, 6.45) is 0. The summed E-state index contributed by atoms with van der Waals surface area (Å²) in [5.74, 6) is -0.0985. The Bertz CT molecular complexity index is 344. The van der Waals surface area contributed by atoms with Crippen LogP contribution in [-0.2, 0) is 11.8 Å². The number of aliphatic carboxylic acids is 1. The van der Waals surface area contributed by atoms with Gasteiger partial charge in [0.05, 0.1) is 0 Å². The van der Waals surface area contributed by atoms with Crippen molar-refractivity contribution in [3.8, 4) is 0 Å². The van der Waals surface area contributed by atoms with Gasteiger partial charge in [0.1, 0.15) is 11.7 Å². The number of aryl methyl sites for hydroxylation is 1. The molecule has 0 aliphatic heterocycles. The molecule has 0 radical (unpaired) electrons. The van der Waals surface area contributed by atoms with Crippen molar-refractivity contribution < 1.29 is 9.90 Å². The Morgan fingerprint density at radius 2 is 2.00 bits per heavy atom. The van der Waals surface area contributed by atoms with Crippen molar-refractivity contribution in [3.05, 3.63) is 11.6 Å². The summed E-state index contributed by atoms with van der Waals surface area (Å²) in [6.45, 7) is 5.58. The number of hydrogen-bond acceptors (Lipinski definition) is 3. The van der Waals surface area contributed by atoms with Crippen LogP contribution in [0.3, 0.4) is 0 Å². The summed E-state index contributed by atoms with van der Waals surface area (Å²) >= 11 is 0. The third kappa shape index (κ3) is 1.92. The van der Waals surface area contributed by atoms with Crippen LogP contribution in [0.4, 0.5) is 0 Å². The van der Waals surface area contributed by atoms with Gasteiger partial charge in [0.15, 0.2) is 5.82 Å². The lowest BCUT2D eigenvalue weighted by molar-refractivity contribution is -0.138. The van der Waals surface area contributed by atoms with Crippen LogP contribution in [0.25, 0.3) is 0 Å². The molecule has 1 unspecified atom stereocenters. The van der Waals surface area contributed by atoms with Gasteiger partial charge in [-0.15, -0.1) is 0 Å². The Hall–Kier alpha value is -1.39. The molecule has 78 valence electrons. The highest BCUT2D eigenvalue weighted by atomic mass is 16.4. The highest BCUT2D eigenvalue weighted by Gasteiger charge is 2.20. The predicted octanol–water partition coefficient (Wildman–Crippen LogP) is 1.13. The molecular weight excluding hydrogens is 182 g/mol. The van der Waals surface area contributed by atoms with E-state index in [1.165, 1.54) is 0 Å². The summed E-state index contributed by atoms with van der Waals surface area (Å²) in [7, 11) is 1.78. The third-order valence-electron chi connectivity index (χ3n) is 2.09. The van der Waals surface area contributed by atoms with E-state index in [4.69, 9.17) is 5.11 Å². The Labute approximate surface area is 82.8 Å². The molecule has 1 aromatic heterocycles. The lowest BCUT2D eigenvalue weighted by Gasteiger charge is -2.00. The SMILES string of the molecule is CC(C)c1nc(C(C)C(=O)O)nn1C. The van der Waals surface area contributed by atoms with Gasteiger partial charge in [-0.1, -0.05) is 13.8 Å². The van der Waals surface area contributed by atoms with Gasteiger partial charge in [-0.2, -0.15) is 5.10 Å². The summed E-state index contributed by atoms with van der Waals surface area (Å²) in [4.78, 5) is 14.9. The summed E-state index contributed by atoms with van der Waals surface area (Å²) in [5, 5.41) is 12.9. The minimum atomic E-state index is -0.897. The van der Waals surface area contributed by atoms with Crippen LogP contribution in [0.5, 0.6) is 0 Å². The number of carboxylic acid groups (broad SMARTS) is 1. The number of carbonyl (C=O) groups is 1. The van der Waals surface area contributed by atoms with E-state index in [9.17, 15) is 4.79 Å². The van der Waals surface area contributed by atoms with Crippen LogP contribution in [0.2, 0.25) is 0 Å². The van der Waals surface area contributed by atoms with Crippen molar-refractivity contribution in [3.63, 3.8) is 0 Å². The van der Waals surface area contributed by atoms with E-state index < -0.39 is 11.9 Å². The molecule has 0 aromatic carbocycles. The first-order valence-corrected chi connectivity index (χ1v) is 4.57. The largest absolute Gasteiger partial charge is 0.481 e. The van der Waals surface area contributed by atoms with E-state index in [2.05, 4.69) is 10.1 Å². The van der Waals surface area contributed by atoms with E-state index in [0.29, 0.717) is 5.82 Å². The first kappa shape index (κ1) is 10.7. The van der Waals surface area contributed by atoms with Crippen LogP contribution in [0.1, 0.15) is 44.3 Å². The second-order valence-electron chi connectivity index (χ2n) is 3.67. The number of rotatable bonds is 3. The van der Waals surface area contributed by atoms with Crippen molar-refractivity contribution in [2.45, 2.75) is 32.6 Å². The maximum atomic E-state index is 10.7. The van der Waals surface area contributed by atoms with Crippen molar-refractivity contribution >= 4 is 5.97 Å². The van der Waals surface area contributed by atoms with Crippen LogP contribution in [-0.4, -0.2) is 25.8 Å². The lowest BCUT2D eigenvalue weighted by atomic mass is 10.2. The van der Waals surface area contributed by atoms with Crippen LogP contribution in [0, 0.1) is 0 Å². The molecule has 5 heteroatoms. The van der Waals surface area contributed by atoms with Crippen LogP contribution >= 0.6 is 0 Å². The van der Waals surface area contributed by atoms with Gasteiger partial charge in [0.2, 0.25) is 0 Å². The zero-order chi connectivity index (χ0) is 10.9. The molecule has 0 saturated heterocycles.